The monoisotopic (exact) mass is 353 g/mol. The molecule has 0 spiro atoms. The van der Waals surface area contributed by atoms with Crippen molar-refractivity contribution in [3.63, 3.8) is 0 Å². The second kappa shape index (κ2) is 9.14. The number of halogens is 2. The summed E-state index contributed by atoms with van der Waals surface area (Å²) >= 11 is 12.0. The molecule has 2 N–H and O–H groups in total. The minimum absolute atomic E-state index is 0.0677. The highest BCUT2D eigenvalue weighted by atomic mass is 35.5. The molecule has 2 aromatic carbocycles. The predicted octanol–water partition coefficient (Wildman–Crippen LogP) is 4.43. The first-order valence-electron chi connectivity index (χ1n) is 7.62. The Kier molecular flexibility index (Phi) is 7.18. The highest BCUT2D eigenvalue weighted by molar-refractivity contribution is 6.30. The molecule has 3 nitrogen and oxygen atoms in total. The van der Waals surface area contributed by atoms with Crippen molar-refractivity contribution in [1.82, 2.24) is 5.32 Å². The van der Waals surface area contributed by atoms with Crippen molar-refractivity contribution in [2.75, 3.05) is 6.61 Å². The van der Waals surface area contributed by atoms with Crippen molar-refractivity contribution in [2.45, 2.75) is 32.5 Å². The molecule has 2 rings (SSSR count). The molecule has 0 aromatic heterocycles. The van der Waals surface area contributed by atoms with Crippen molar-refractivity contribution in [3.05, 3.63) is 63.6 Å². The van der Waals surface area contributed by atoms with E-state index in [1.54, 1.807) is 0 Å². The van der Waals surface area contributed by atoms with E-state index in [4.69, 9.17) is 27.9 Å². The maximum atomic E-state index is 9.27. The summed E-state index contributed by atoms with van der Waals surface area (Å²) < 4.78 is 5.91. The third-order valence-corrected chi connectivity index (χ3v) is 4.11. The van der Waals surface area contributed by atoms with Crippen LogP contribution in [0.15, 0.2) is 42.5 Å². The van der Waals surface area contributed by atoms with E-state index in [1.807, 2.05) is 49.4 Å². The molecule has 0 amide bonds. The normalized spacial score (nSPS) is 12.2. The van der Waals surface area contributed by atoms with E-state index in [0.29, 0.717) is 23.2 Å². The summed E-state index contributed by atoms with van der Waals surface area (Å²) in [7, 11) is 0. The lowest BCUT2D eigenvalue weighted by atomic mass is 10.1. The third kappa shape index (κ3) is 5.70. The van der Waals surface area contributed by atoms with Gasteiger partial charge in [-0.15, -0.1) is 0 Å². The molecule has 5 heteroatoms. The third-order valence-electron chi connectivity index (χ3n) is 3.62. The first kappa shape index (κ1) is 18.1. The average Bonchev–Trinajstić information content (AvgIpc) is 2.56. The van der Waals surface area contributed by atoms with Crippen LogP contribution < -0.4 is 10.1 Å². The van der Waals surface area contributed by atoms with Gasteiger partial charge in [0.2, 0.25) is 0 Å². The van der Waals surface area contributed by atoms with Crippen molar-refractivity contribution in [3.8, 4) is 5.75 Å². The van der Waals surface area contributed by atoms with E-state index < -0.39 is 0 Å². The molecule has 23 heavy (non-hydrogen) atoms. The van der Waals surface area contributed by atoms with Gasteiger partial charge in [0.1, 0.15) is 12.4 Å². The molecule has 0 bridgehead atoms. The lowest BCUT2D eigenvalue weighted by Crippen LogP contribution is -2.31. The summed E-state index contributed by atoms with van der Waals surface area (Å²) in [5.41, 5.74) is 2.02. The molecular formula is C18H21Cl2NO2. The van der Waals surface area contributed by atoms with Gasteiger partial charge in [-0.05, 0) is 42.3 Å². The van der Waals surface area contributed by atoms with Gasteiger partial charge in [-0.1, -0.05) is 42.3 Å². The second-order valence-corrected chi connectivity index (χ2v) is 6.21. The van der Waals surface area contributed by atoms with Crippen LogP contribution in [-0.4, -0.2) is 17.8 Å². The molecule has 0 aliphatic carbocycles. The predicted molar refractivity (Wildman–Crippen MR) is 95.2 cm³/mol. The number of hydrogen-bond donors (Lipinski definition) is 2. The Morgan fingerprint density at radius 1 is 1.09 bits per heavy atom. The molecule has 0 radical (unpaired) electrons. The number of ether oxygens (including phenoxy) is 1. The standard InChI is InChI=1S/C18H21Cl2NO2/c1-2-17(11-22)21-10-14-9-16(20)7-8-18(14)23-12-13-3-5-15(19)6-4-13/h3-9,17,21-22H,2,10-12H2,1H3/t17-/m0/s1. The Morgan fingerprint density at radius 2 is 1.78 bits per heavy atom. The number of rotatable bonds is 8. The number of hydrogen-bond acceptors (Lipinski definition) is 3. The van der Waals surface area contributed by atoms with Crippen molar-refractivity contribution in [1.29, 1.82) is 0 Å². The first-order valence-corrected chi connectivity index (χ1v) is 8.38. The van der Waals surface area contributed by atoms with Gasteiger partial charge in [0.25, 0.3) is 0 Å². The zero-order chi connectivity index (χ0) is 16.7. The molecule has 124 valence electrons. The molecule has 2 aromatic rings. The largest absolute Gasteiger partial charge is 0.489 e. The molecule has 0 heterocycles. The van der Waals surface area contributed by atoms with Gasteiger partial charge in [-0.25, -0.2) is 0 Å². The topological polar surface area (TPSA) is 41.5 Å². The van der Waals surface area contributed by atoms with Crippen LogP contribution in [0.2, 0.25) is 10.0 Å². The van der Waals surface area contributed by atoms with Crippen LogP contribution in [0.1, 0.15) is 24.5 Å². The maximum absolute atomic E-state index is 9.27. The summed E-state index contributed by atoms with van der Waals surface area (Å²) in [6.45, 7) is 3.19. The van der Waals surface area contributed by atoms with E-state index in [1.165, 1.54) is 0 Å². The zero-order valence-electron chi connectivity index (χ0n) is 13.1. The van der Waals surface area contributed by atoms with Crippen LogP contribution >= 0.6 is 23.2 Å². The minimum atomic E-state index is 0.0677. The van der Waals surface area contributed by atoms with Gasteiger partial charge in [-0.2, -0.15) is 0 Å². The summed E-state index contributed by atoms with van der Waals surface area (Å²) in [6, 6.07) is 13.2. The van der Waals surface area contributed by atoms with Gasteiger partial charge in [-0.3, -0.25) is 0 Å². The van der Waals surface area contributed by atoms with Crippen LogP contribution in [-0.2, 0) is 13.2 Å². The average molecular weight is 354 g/mol. The van der Waals surface area contributed by atoms with Gasteiger partial charge in [0.05, 0.1) is 6.61 Å². The van der Waals surface area contributed by atoms with Gasteiger partial charge in [0, 0.05) is 28.2 Å². The van der Waals surface area contributed by atoms with E-state index in [2.05, 4.69) is 5.32 Å². The highest BCUT2D eigenvalue weighted by Crippen LogP contribution is 2.24. The number of benzene rings is 2. The zero-order valence-corrected chi connectivity index (χ0v) is 14.6. The SMILES string of the molecule is CC[C@@H](CO)NCc1cc(Cl)ccc1OCc1ccc(Cl)cc1. The molecule has 0 aliphatic heterocycles. The molecule has 1 atom stereocenters. The van der Waals surface area contributed by atoms with Crippen LogP contribution in [0.4, 0.5) is 0 Å². The van der Waals surface area contributed by atoms with Gasteiger partial charge < -0.3 is 15.2 Å². The number of aliphatic hydroxyl groups excluding tert-OH is 1. The Bertz CT molecular complexity index is 613. The number of nitrogens with one attached hydrogen (secondary N) is 1. The summed E-state index contributed by atoms with van der Waals surface area (Å²) in [5, 5.41) is 13.9. The Hall–Kier alpha value is -1.26. The molecular weight excluding hydrogens is 333 g/mol. The lowest BCUT2D eigenvalue weighted by Gasteiger charge is -2.17. The van der Waals surface area contributed by atoms with E-state index in [-0.39, 0.29) is 12.6 Å². The van der Waals surface area contributed by atoms with Crippen LogP contribution in [0, 0.1) is 0 Å². The first-order chi connectivity index (χ1) is 11.1. The van der Waals surface area contributed by atoms with Crippen LogP contribution in [0.5, 0.6) is 5.75 Å². The van der Waals surface area contributed by atoms with Crippen molar-refractivity contribution in [2.24, 2.45) is 0 Å². The minimum Gasteiger partial charge on any atom is -0.489 e. The highest BCUT2D eigenvalue weighted by Gasteiger charge is 2.09. The molecule has 0 unspecified atom stereocenters. The summed E-state index contributed by atoms with van der Waals surface area (Å²) in [6.07, 6.45) is 0.859. The second-order valence-electron chi connectivity index (χ2n) is 5.34. The molecule has 0 saturated carbocycles. The van der Waals surface area contributed by atoms with Crippen molar-refractivity contribution < 1.29 is 9.84 Å². The fourth-order valence-electron chi connectivity index (χ4n) is 2.16. The Morgan fingerprint density at radius 3 is 2.43 bits per heavy atom. The maximum Gasteiger partial charge on any atom is 0.124 e. The molecule has 0 saturated heterocycles. The Balaban J connectivity index is 2.04. The fourth-order valence-corrected chi connectivity index (χ4v) is 2.48. The Labute approximate surface area is 147 Å². The quantitative estimate of drug-likeness (QED) is 0.737. The summed E-state index contributed by atoms with van der Waals surface area (Å²) in [4.78, 5) is 0. The van der Waals surface area contributed by atoms with E-state index in [9.17, 15) is 5.11 Å². The van der Waals surface area contributed by atoms with Crippen LogP contribution in [0.3, 0.4) is 0 Å². The van der Waals surface area contributed by atoms with Crippen molar-refractivity contribution >= 4 is 23.2 Å². The van der Waals surface area contributed by atoms with Gasteiger partial charge >= 0.3 is 0 Å². The molecule has 0 fully saturated rings. The fraction of sp³-hybridized carbons (Fsp3) is 0.333. The van der Waals surface area contributed by atoms with Gasteiger partial charge in [0.15, 0.2) is 0 Å². The smallest absolute Gasteiger partial charge is 0.124 e. The van der Waals surface area contributed by atoms with E-state index >= 15 is 0 Å². The van der Waals surface area contributed by atoms with E-state index in [0.717, 1.165) is 23.3 Å². The molecule has 0 aliphatic rings. The van der Waals surface area contributed by atoms with Crippen LogP contribution in [0.25, 0.3) is 0 Å². The number of aliphatic hydroxyl groups is 1. The summed E-state index contributed by atoms with van der Waals surface area (Å²) in [5.74, 6) is 0.782. The lowest BCUT2D eigenvalue weighted by molar-refractivity contribution is 0.237.